The minimum atomic E-state index is -1.27. The molecule has 3 aromatic carbocycles. The summed E-state index contributed by atoms with van der Waals surface area (Å²) in [7, 11) is 0. The molecule has 1 aliphatic heterocycles. The van der Waals surface area contributed by atoms with Crippen LogP contribution in [0.4, 0.5) is 0 Å². The number of nitrogens with one attached hydrogen (secondary N) is 3. The van der Waals surface area contributed by atoms with Gasteiger partial charge < -0.3 is 42.7 Å². The Morgan fingerprint density at radius 3 is 2.12 bits per heavy atom. The number of phenols is 2. The maximum Gasteiger partial charge on any atom is 0.243 e. The van der Waals surface area contributed by atoms with E-state index in [4.69, 9.17) is 11.5 Å². The first kappa shape index (κ1) is 30.5. The Labute approximate surface area is 243 Å². The highest BCUT2D eigenvalue weighted by atomic mass is 16.3. The van der Waals surface area contributed by atoms with Crippen LogP contribution in [0, 0.1) is 0 Å². The van der Waals surface area contributed by atoms with Crippen LogP contribution in [0.3, 0.4) is 0 Å². The van der Waals surface area contributed by atoms with Gasteiger partial charge in [0.25, 0.3) is 0 Å². The molecule has 0 saturated carbocycles. The molecule has 1 aliphatic rings. The van der Waals surface area contributed by atoms with Gasteiger partial charge >= 0.3 is 0 Å². The standard InChI is InChI=1S/C31H37N5O6/c1-17(18-5-3-2-4-6-18)34-30(41)25-14-22-12-20(8-10-28(22)39)19-7-9-27(38)21(11-19)13-24(33)29(40)35-26(31(42)36-25)15-23(37)16-32/h2-12,17,23-26,37-39H,13-16,32-33H2,1H3,(H,34,41)(H,35,40)(H,36,42)/t17-,23+,24-,25-,26-/m0/s1. The number of hydrogen-bond donors (Lipinski definition) is 8. The molecule has 3 aromatic rings. The molecule has 10 N–H and O–H groups in total. The molecule has 4 bridgehead atoms. The lowest BCUT2D eigenvalue weighted by Crippen LogP contribution is -2.57. The molecule has 42 heavy (non-hydrogen) atoms. The van der Waals surface area contributed by atoms with E-state index in [2.05, 4.69) is 16.0 Å². The average Bonchev–Trinajstić information content (AvgIpc) is 2.98. The van der Waals surface area contributed by atoms with Crippen LogP contribution in [-0.2, 0) is 27.2 Å². The molecule has 0 saturated heterocycles. The Kier molecular flexibility index (Phi) is 9.79. The summed E-state index contributed by atoms with van der Waals surface area (Å²) in [6.07, 6.45) is -1.46. The first-order valence-electron chi connectivity index (χ1n) is 13.8. The van der Waals surface area contributed by atoms with Crippen molar-refractivity contribution in [2.24, 2.45) is 11.5 Å². The lowest BCUT2D eigenvalue weighted by molar-refractivity contribution is -0.133. The second-order valence-corrected chi connectivity index (χ2v) is 10.6. The zero-order valence-electron chi connectivity index (χ0n) is 23.3. The number of benzene rings is 3. The molecule has 222 valence electrons. The summed E-state index contributed by atoms with van der Waals surface area (Å²) < 4.78 is 0. The Hall–Kier alpha value is -4.45. The highest BCUT2D eigenvalue weighted by Crippen LogP contribution is 2.31. The molecule has 4 rings (SSSR count). The number of aliphatic hydroxyl groups is 1. The Morgan fingerprint density at radius 1 is 0.929 bits per heavy atom. The molecule has 0 radical (unpaired) electrons. The molecule has 11 heteroatoms. The van der Waals surface area contributed by atoms with Crippen molar-refractivity contribution in [1.29, 1.82) is 0 Å². The van der Waals surface area contributed by atoms with Crippen molar-refractivity contribution < 1.29 is 29.7 Å². The number of hydrogen-bond acceptors (Lipinski definition) is 8. The normalized spacial score (nSPS) is 20.7. The maximum atomic E-state index is 13.6. The van der Waals surface area contributed by atoms with Crippen LogP contribution >= 0.6 is 0 Å². The molecule has 0 spiro atoms. The van der Waals surface area contributed by atoms with E-state index in [1.807, 2.05) is 37.3 Å². The molecule has 11 nitrogen and oxygen atoms in total. The summed E-state index contributed by atoms with van der Waals surface area (Å²) in [5.41, 5.74) is 14.8. The number of aliphatic hydroxyl groups excluding tert-OH is 1. The molecule has 0 aromatic heterocycles. The SMILES string of the molecule is C[C@H](NC(=O)[C@@H]1Cc2cc(ccc2O)-c2ccc(O)c(c2)C[C@H](N)C(=O)N[C@@H](C[C@@H](O)CN)C(=O)N1)c1ccccc1. The van der Waals surface area contributed by atoms with Gasteiger partial charge in [-0.2, -0.15) is 0 Å². The van der Waals surface area contributed by atoms with Gasteiger partial charge in [-0.3, -0.25) is 14.4 Å². The zero-order valence-corrected chi connectivity index (χ0v) is 23.3. The summed E-state index contributed by atoms with van der Waals surface area (Å²) in [6.45, 7) is 1.65. The second kappa shape index (κ2) is 13.5. The maximum absolute atomic E-state index is 13.6. The lowest BCUT2D eigenvalue weighted by atomic mass is 9.95. The van der Waals surface area contributed by atoms with Gasteiger partial charge in [0.1, 0.15) is 23.6 Å². The third-order valence-electron chi connectivity index (χ3n) is 7.40. The number of phenolic OH excluding ortho intramolecular Hbond substituents is 2. The number of nitrogens with two attached hydrogens (primary N) is 2. The van der Waals surface area contributed by atoms with Crippen LogP contribution in [0.15, 0.2) is 66.7 Å². The van der Waals surface area contributed by atoms with Gasteiger partial charge in [0.05, 0.1) is 18.2 Å². The number of aromatic hydroxyl groups is 2. The smallest absolute Gasteiger partial charge is 0.243 e. The predicted molar refractivity (Wildman–Crippen MR) is 157 cm³/mol. The van der Waals surface area contributed by atoms with E-state index < -0.39 is 48.0 Å². The van der Waals surface area contributed by atoms with Crippen molar-refractivity contribution in [2.75, 3.05) is 6.54 Å². The first-order valence-corrected chi connectivity index (χ1v) is 13.8. The van der Waals surface area contributed by atoms with Crippen molar-refractivity contribution in [1.82, 2.24) is 16.0 Å². The van der Waals surface area contributed by atoms with Gasteiger partial charge in [0.2, 0.25) is 17.7 Å². The van der Waals surface area contributed by atoms with Gasteiger partial charge in [0, 0.05) is 25.8 Å². The molecule has 3 amide bonds. The van der Waals surface area contributed by atoms with Crippen LogP contribution < -0.4 is 27.4 Å². The van der Waals surface area contributed by atoms with E-state index in [9.17, 15) is 29.7 Å². The Bertz CT molecular complexity index is 1430. The number of carbonyl (C=O) groups excluding carboxylic acids is 3. The number of fused-ring (bicyclic) bond motifs is 5. The minimum absolute atomic E-state index is 0.0351. The summed E-state index contributed by atoms with van der Waals surface area (Å²) in [4.78, 5) is 40.2. The monoisotopic (exact) mass is 575 g/mol. The zero-order chi connectivity index (χ0) is 30.4. The molecule has 1 heterocycles. The fourth-order valence-corrected chi connectivity index (χ4v) is 4.91. The van der Waals surface area contributed by atoms with Crippen molar-refractivity contribution in [3.63, 3.8) is 0 Å². The van der Waals surface area contributed by atoms with Gasteiger partial charge in [-0.25, -0.2) is 0 Å². The molecular weight excluding hydrogens is 538 g/mol. The van der Waals surface area contributed by atoms with Crippen molar-refractivity contribution in [2.45, 2.75) is 56.5 Å². The van der Waals surface area contributed by atoms with E-state index in [-0.39, 0.29) is 37.3 Å². The Morgan fingerprint density at radius 2 is 1.52 bits per heavy atom. The fraction of sp³-hybridized carbons (Fsp3) is 0.323. The topological polar surface area (TPSA) is 200 Å². The average molecular weight is 576 g/mol. The van der Waals surface area contributed by atoms with E-state index in [0.717, 1.165) is 5.56 Å². The molecular formula is C31H37N5O6. The number of carbonyl (C=O) groups is 3. The van der Waals surface area contributed by atoms with Crippen molar-refractivity contribution in [3.05, 3.63) is 83.4 Å². The van der Waals surface area contributed by atoms with Gasteiger partial charge in [-0.1, -0.05) is 42.5 Å². The third-order valence-corrected chi connectivity index (χ3v) is 7.40. The van der Waals surface area contributed by atoms with Crippen LogP contribution in [0.2, 0.25) is 0 Å². The van der Waals surface area contributed by atoms with Gasteiger partial charge in [0.15, 0.2) is 0 Å². The molecule has 0 aliphatic carbocycles. The van der Waals surface area contributed by atoms with E-state index in [0.29, 0.717) is 22.3 Å². The summed E-state index contributed by atoms with van der Waals surface area (Å²) in [5.74, 6) is -2.06. The van der Waals surface area contributed by atoms with Gasteiger partial charge in [-0.15, -0.1) is 0 Å². The van der Waals surface area contributed by atoms with Crippen LogP contribution in [0.5, 0.6) is 11.5 Å². The molecule has 0 fully saturated rings. The van der Waals surface area contributed by atoms with Crippen LogP contribution in [0.1, 0.15) is 36.1 Å². The fourth-order valence-electron chi connectivity index (χ4n) is 4.91. The minimum Gasteiger partial charge on any atom is -0.508 e. The third kappa shape index (κ3) is 7.43. The van der Waals surface area contributed by atoms with Crippen molar-refractivity contribution in [3.8, 4) is 22.6 Å². The lowest BCUT2D eigenvalue weighted by Gasteiger charge is -2.26. The molecule has 0 unspecified atom stereocenters. The number of rotatable bonds is 6. The largest absolute Gasteiger partial charge is 0.508 e. The van der Waals surface area contributed by atoms with E-state index in [1.165, 1.54) is 12.1 Å². The van der Waals surface area contributed by atoms with Crippen molar-refractivity contribution >= 4 is 17.7 Å². The Balaban J connectivity index is 1.75. The quantitative estimate of drug-likeness (QED) is 0.210. The van der Waals surface area contributed by atoms with Crippen LogP contribution in [0.25, 0.3) is 11.1 Å². The number of amides is 3. The highest BCUT2D eigenvalue weighted by molar-refractivity contribution is 5.93. The first-order chi connectivity index (χ1) is 20.0. The summed E-state index contributed by atoms with van der Waals surface area (Å²) in [5, 5.41) is 39.6. The van der Waals surface area contributed by atoms with E-state index in [1.54, 1.807) is 24.3 Å². The predicted octanol–water partition coefficient (Wildman–Crippen LogP) is 0.747. The van der Waals surface area contributed by atoms with E-state index >= 15 is 0 Å². The summed E-state index contributed by atoms with van der Waals surface area (Å²) >= 11 is 0. The summed E-state index contributed by atoms with van der Waals surface area (Å²) in [6, 6.07) is 15.1. The highest BCUT2D eigenvalue weighted by Gasteiger charge is 2.31. The second-order valence-electron chi connectivity index (χ2n) is 10.6. The van der Waals surface area contributed by atoms with Crippen LogP contribution in [-0.4, -0.2) is 63.8 Å². The molecule has 5 atom stereocenters. The van der Waals surface area contributed by atoms with Gasteiger partial charge in [-0.05, 0) is 59.0 Å².